The number of aliphatic imine (C=N–C) groups is 1. The van der Waals surface area contributed by atoms with Gasteiger partial charge in [0.15, 0.2) is 5.96 Å². The number of hydrogen-bond acceptors (Lipinski definition) is 4. The first-order chi connectivity index (χ1) is 11.1. The number of guanidine groups is 1. The van der Waals surface area contributed by atoms with E-state index in [4.69, 9.17) is 0 Å². The Labute approximate surface area is 164 Å². The fourth-order valence-corrected chi connectivity index (χ4v) is 3.84. The van der Waals surface area contributed by atoms with Gasteiger partial charge in [0, 0.05) is 64.4 Å². The highest BCUT2D eigenvalue weighted by Crippen LogP contribution is 2.31. The summed E-state index contributed by atoms with van der Waals surface area (Å²) in [7, 11) is 6.31. The minimum absolute atomic E-state index is 0. The minimum Gasteiger partial charge on any atom is -0.355 e. The first-order valence-electron chi connectivity index (χ1n) is 9.17. The summed E-state index contributed by atoms with van der Waals surface area (Å²) in [4.78, 5) is 12.0. The number of nitrogens with zero attached hydrogens (tertiary/aromatic N) is 4. The van der Waals surface area contributed by atoms with Crippen LogP contribution in [0.4, 0.5) is 0 Å². The molecule has 140 valence electrons. The molecule has 3 unspecified atom stereocenters. The Bertz CT molecular complexity index is 427. The van der Waals surface area contributed by atoms with Gasteiger partial charge in [0.25, 0.3) is 0 Å². The van der Waals surface area contributed by atoms with Gasteiger partial charge in [-0.3, -0.25) is 14.8 Å². The zero-order valence-electron chi connectivity index (χ0n) is 15.7. The molecule has 1 saturated carbocycles. The zero-order valence-corrected chi connectivity index (χ0v) is 18.0. The van der Waals surface area contributed by atoms with Gasteiger partial charge in [-0.25, -0.2) is 0 Å². The fraction of sp³-hybridized carbons (Fsp3) is 0.941. The molecule has 0 bridgehead atoms. The Morgan fingerprint density at radius 1 is 1.12 bits per heavy atom. The Balaban J connectivity index is 0.00000208. The van der Waals surface area contributed by atoms with E-state index in [1.54, 1.807) is 0 Å². The van der Waals surface area contributed by atoms with E-state index >= 15 is 0 Å². The predicted molar refractivity (Wildman–Crippen MR) is 111 cm³/mol. The maximum absolute atomic E-state index is 4.44. The summed E-state index contributed by atoms with van der Waals surface area (Å²) in [5, 5.41) is 7.21. The smallest absolute Gasteiger partial charge is 0.191 e. The molecule has 3 aliphatic rings. The molecule has 0 amide bonds. The first-order valence-corrected chi connectivity index (χ1v) is 9.17. The van der Waals surface area contributed by atoms with Gasteiger partial charge in [-0.05, 0) is 32.9 Å². The molecule has 6 nitrogen and oxygen atoms in total. The van der Waals surface area contributed by atoms with Crippen LogP contribution in [-0.4, -0.2) is 99.2 Å². The highest BCUT2D eigenvalue weighted by atomic mass is 127. The molecule has 3 rings (SSSR count). The van der Waals surface area contributed by atoms with Crippen LogP contribution in [0.1, 0.15) is 19.8 Å². The van der Waals surface area contributed by atoms with E-state index in [1.165, 1.54) is 25.9 Å². The van der Waals surface area contributed by atoms with E-state index in [0.717, 1.165) is 38.2 Å². The van der Waals surface area contributed by atoms with Gasteiger partial charge < -0.3 is 15.5 Å². The van der Waals surface area contributed by atoms with Gasteiger partial charge >= 0.3 is 0 Å². The van der Waals surface area contributed by atoms with Gasteiger partial charge in [0.05, 0.1) is 0 Å². The molecule has 3 fully saturated rings. The van der Waals surface area contributed by atoms with Crippen LogP contribution in [0.25, 0.3) is 0 Å². The summed E-state index contributed by atoms with van der Waals surface area (Å²) >= 11 is 0. The van der Waals surface area contributed by atoms with Gasteiger partial charge in [-0.2, -0.15) is 0 Å². The molecule has 3 atom stereocenters. The lowest BCUT2D eigenvalue weighted by molar-refractivity contribution is 0.116. The fourth-order valence-electron chi connectivity index (χ4n) is 3.84. The SMILES string of the molecule is CN=C(NCC1CN(C)CCN1C)NC1CN(C2CC2)CC1C.I. The van der Waals surface area contributed by atoms with Crippen molar-refractivity contribution in [1.82, 2.24) is 25.3 Å². The van der Waals surface area contributed by atoms with Crippen LogP contribution in [0.3, 0.4) is 0 Å². The third-order valence-corrected chi connectivity index (χ3v) is 5.73. The minimum atomic E-state index is 0. The standard InChI is InChI=1S/C17H34N6.HI/c1-13-10-23(14-5-6-14)12-16(13)20-17(18-2)19-9-15-11-21(3)7-8-22(15)4;/h13-16H,5-12H2,1-4H3,(H2,18,19,20);1H. The average Bonchev–Trinajstić information content (AvgIpc) is 3.31. The lowest BCUT2D eigenvalue weighted by Crippen LogP contribution is -2.56. The molecule has 2 N–H and O–H groups in total. The van der Waals surface area contributed by atoms with E-state index in [-0.39, 0.29) is 24.0 Å². The molecule has 0 aromatic heterocycles. The molecular weight excluding hydrogens is 415 g/mol. The molecule has 0 radical (unpaired) electrons. The highest BCUT2D eigenvalue weighted by Gasteiger charge is 2.38. The van der Waals surface area contributed by atoms with Crippen LogP contribution in [-0.2, 0) is 0 Å². The summed E-state index contributed by atoms with van der Waals surface area (Å²) in [5.74, 6) is 1.65. The normalized spacial score (nSPS) is 33.3. The van der Waals surface area contributed by atoms with Crippen molar-refractivity contribution in [1.29, 1.82) is 0 Å². The third kappa shape index (κ3) is 5.19. The van der Waals surface area contributed by atoms with Crippen molar-refractivity contribution in [3.05, 3.63) is 0 Å². The first kappa shape index (κ1) is 20.2. The maximum atomic E-state index is 4.44. The second kappa shape index (κ2) is 9.00. The quantitative estimate of drug-likeness (QED) is 0.371. The molecule has 0 aromatic carbocycles. The number of halogens is 1. The Hall–Kier alpha value is -0.120. The number of nitrogens with one attached hydrogen (secondary N) is 2. The summed E-state index contributed by atoms with van der Waals surface area (Å²) in [6.07, 6.45) is 2.79. The Morgan fingerprint density at radius 3 is 2.54 bits per heavy atom. The summed E-state index contributed by atoms with van der Waals surface area (Å²) < 4.78 is 0. The largest absolute Gasteiger partial charge is 0.355 e. The molecule has 7 heteroatoms. The zero-order chi connectivity index (χ0) is 16.4. The van der Waals surface area contributed by atoms with Crippen LogP contribution >= 0.6 is 24.0 Å². The van der Waals surface area contributed by atoms with Crippen molar-refractivity contribution in [3.63, 3.8) is 0 Å². The maximum Gasteiger partial charge on any atom is 0.191 e. The molecule has 2 aliphatic heterocycles. The number of likely N-dealkylation sites (N-methyl/N-ethyl adjacent to an activating group) is 2. The van der Waals surface area contributed by atoms with E-state index < -0.39 is 0 Å². The average molecular weight is 450 g/mol. The molecule has 0 spiro atoms. The summed E-state index contributed by atoms with van der Waals surface area (Å²) in [5.41, 5.74) is 0. The molecular formula is C17H35IN6. The van der Waals surface area contributed by atoms with E-state index in [0.29, 0.717) is 18.0 Å². The van der Waals surface area contributed by atoms with Crippen LogP contribution in [0.15, 0.2) is 4.99 Å². The van der Waals surface area contributed by atoms with Crippen molar-refractivity contribution >= 4 is 29.9 Å². The van der Waals surface area contributed by atoms with Crippen LogP contribution < -0.4 is 10.6 Å². The van der Waals surface area contributed by atoms with Gasteiger partial charge in [0.2, 0.25) is 0 Å². The Kier molecular flexibility index (Phi) is 7.58. The van der Waals surface area contributed by atoms with Crippen molar-refractivity contribution in [3.8, 4) is 0 Å². The van der Waals surface area contributed by atoms with Gasteiger partial charge in [-0.1, -0.05) is 6.92 Å². The molecule has 2 saturated heterocycles. The number of rotatable bonds is 4. The highest BCUT2D eigenvalue weighted by molar-refractivity contribution is 14.0. The van der Waals surface area contributed by atoms with Crippen molar-refractivity contribution in [2.24, 2.45) is 10.9 Å². The van der Waals surface area contributed by atoms with E-state index in [1.807, 2.05) is 7.05 Å². The lowest BCUT2D eigenvalue weighted by atomic mass is 10.1. The van der Waals surface area contributed by atoms with Crippen molar-refractivity contribution in [2.75, 3.05) is 60.4 Å². The lowest BCUT2D eigenvalue weighted by Gasteiger charge is -2.38. The Morgan fingerprint density at radius 2 is 1.88 bits per heavy atom. The number of piperazine rings is 1. The summed E-state index contributed by atoms with van der Waals surface area (Å²) in [6, 6.07) is 1.94. The molecule has 2 heterocycles. The van der Waals surface area contributed by atoms with Gasteiger partial charge in [0.1, 0.15) is 0 Å². The van der Waals surface area contributed by atoms with Gasteiger partial charge in [-0.15, -0.1) is 24.0 Å². The third-order valence-electron chi connectivity index (χ3n) is 5.73. The van der Waals surface area contributed by atoms with Crippen molar-refractivity contribution < 1.29 is 0 Å². The van der Waals surface area contributed by atoms with E-state index in [9.17, 15) is 0 Å². The second-order valence-electron chi connectivity index (χ2n) is 7.76. The van der Waals surface area contributed by atoms with E-state index in [2.05, 4.69) is 51.3 Å². The summed E-state index contributed by atoms with van der Waals surface area (Å²) in [6.45, 7) is 9.14. The predicted octanol–water partition coefficient (Wildman–Crippen LogP) is 0.498. The monoisotopic (exact) mass is 450 g/mol. The number of likely N-dealkylation sites (tertiary alicyclic amines) is 1. The van der Waals surface area contributed by atoms with Crippen LogP contribution in [0, 0.1) is 5.92 Å². The molecule has 1 aliphatic carbocycles. The molecule has 24 heavy (non-hydrogen) atoms. The van der Waals surface area contributed by atoms with Crippen LogP contribution in [0.2, 0.25) is 0 Å². The second-order valence-corrected chi connectivity index (χ2v) is 7.76. The number of hydrogen-bond donors (Lipinski definition) is 2. The van der Waals surface area contributed by atoms with Crippen LogP contribution in [0.5, 0.6) is 0 Å². The van der Waals surface area contributed by atoms with Crippen molar-refractivity contribution in [2.45, 2.75) is 37.9 Å². The molecule has 0 aromatic rings. The topological polar surface area (TPSA) is 46.1 Å².